The number of ether oxygens (including phenoxy) is 3. The Morgan fingerprint density at radius 2 is 1.41 bits per heavy atom. The fourth-order valence-electron chi connectivity index (χ4n) is 3.95. The molecule has 0 radical (unpaired) electrons. The third kappa shape index (κ3) is 8.67. The van der Waals surface area contributed by atoms with Crippen LogP contribution in [0.5, 0.6) is 5.75 Å². The molecule has 0 aliphatic heterocycles. The van der Waals surface area contributed by atoms with Crippen LogP contribution in [0.3, 0.4) is 0 Å². The van der Waals surface area contributed by atoms with Crippen molar-refractivity contribution >= 4 is 22.9 Å². The molecule has 0 atom stereocenters. The molecule has 0 N–H and O–H groups in total. The predicted octanol–water partition coefficient (Wildman–Crippen LogP) is 7.03. The molecule has 0 saturated carbocycles. The van der Waals surface area contributed by atoms with Gasteiger partial charge in [0.25, 0.3) is 0 Å². The summed E-state index contributed by atoms with van der Waals surface area (Å²) in [5.41, 5.74) is 4.34. The number of benzene rings is 2. The molecule has 3 aromatic rings. The Hall–Kier alpha value is -4.65. The van der Waals surface area contributed by atoms with E-state index in [9.17, 15) is 14.4 Å². The molecule has 2 aromatic carbocycles. The van der Waals surface area contributed by atoms with Crippen LogP contribution in [-0.2, 0) is 31.9 Å². The summed E-state index contributed by atoms with van der Waals surface area (Å²) in [6.45, 7) is 20.6. The molecule has 1 aromatic heterocycles. The third-order valence-electron chi connectivity index (χ3n) is 6.23. The highest BCUT2D eigenvalue weighted by atomic mass is 16.5. The normalized spacial score (nSPS) is 10.6. The Morgan fingerprint density at radius 3 is 2.05 bits per heavy atom. The number of hydrogen-bond acceptors (Lipinski definition) is 7. The molecule has 0 bridgehead atoms. The minimum absolute atomic E-state index is 0.221. The molecular formula is C34H36O7. The van der Waals surface area contributed by atoms with E-state index in [2.05, 4.69) is 26.3 Å². The monoisotopic (exact) mass is 556 g/mol. The van der Waals surface area contributed by atoms with Crippen molar-refractivity contribution < 1.29 is 28.2 Å². The van der Waals surface area contributed by atoms with Crippen molar-refractivity contribution in [2.75, 3.05) is 13.2 Å². The Morgan fingerprint density at radius 1 is 0.780 bits per heavy atom. The molecule has 0 unspecified atom stereocenters. The number of rotatable bonds is 14. The van der Waals surface area contributed by atoms with Crippen molar-refractivity contribution in [2.24, 2.45) is 0 Å². The van der Waals surface area contributed by atoms with Crippen LogP contribution >= 0.6 is 0 Å². The van der Waals surface area contributed by atoms with Crippen LogP contribution < -0.4 is 10.4 Å². The average molecular weight is 557 g/mol. The van der Waals surface area contributed by atoms with Crippen LogP contribution in [0.2, 0.25) is 0 Å². The lowest BCUT2D eigenvalue weighted by atomic mass is 9.98. The molecule has 214 valence electrons. The number of esters is 2. The fourth-order valence-corrected chi connectivity index (χ4v) is 3.95. The number of allylic oxidation sites excluding steroid dienone is 1. The van der Waals surface area contributed by atoms with Crippen molar-refractivity contribution in [3.05, 3.63) is 113 Å². The zero-order valence-corrected chi connectivity index (χ0v) is 24.0. The minimum Gasteiger partial charge on any atom is -0.494 e. The SMILES string of the molecule is C=C(C)C(=C)OCCCc1cc(CCCOC(=O)C(=C)C)c2oc(=O)c(-c3ccc(OC(=O)C(=C)C)cc3)cc2c1. The van der Waals surface area contributed by atoms with Gasteiger partial charge >= 0.3 is 17.6 Å². The summed E-state index contributed by atoms with van der Waals surface area (Å²) in [6, 6.07) is 12.5. The Kier molecular flexibility index (Phi) is 10.6. The van der Waals surface area contributed by atoms with Gasteiger partial charge in [0, 0.05) is 16.5 Å². The highest BCUT2D eigenvalue weighted by molar-refractivity contribution is 5.89. The van der Waals surface area contributed by atoms with Crippen molar-refractivity contribution in [2.45, 2.75) is 46.5 Å². The van der Waals surface area contributed by atoms with E-state index in [1.165, 1.54) is 0 Å². The third-order valence-corrected chi connectivity index (χ3v) is 6.23. The van der Waals surface area contributed by atoms with Crippen LogP contribution in [0.4, 0.5) is 0 Å². The van der Waals surface area contributed by atoms with Crippen LogP contribution in [0.1, 0.15) is 44.7 Å². The van der Waals surface area contributed by atoms with Gasteiger partial charge in [-0.2, -0.15) is 0 Å². The van der Waals surface area contributed by atoms with Crippen molar-refractivity contribution in [3.8, 4) is 16.9 Å². The molecule has 41 heavy (non-hydrogen) atoms. The van der Waals surface area contributed by atoms with Crippen LogP contribution in [-0.4, -0.2) is 25.2 Å². The van der Waals surface area contributed by atoms with E-state index in [1.807, 2.05) is 25.1 Å². The van der Waals surface area contributed by atoms with Gasteiger partial charge in [0.05, 0.1) is 18.8 Å². The molecular weight excluding hydrogens is 520 g/mol. The van der Waals surface area contributed by atoms with Gasteiger partial charge in [-0.3, -0.25) is 0 Å². The second-order valence-electron chi connectivity index (χ2n) is 9.99. The van der Waals surface area contributed by atoms with Gasteiger partial charge in [0.15, 0.2) is 0 Å². The number of hydrogen-bond donors (Lipinski definition) is 0. The zero-order valence-electron chi connectivity index (χ0n) is 24.0. The zero-order chi connectivity index (χ0) is 30.1. The lowest BCUT2D eigenvalue weighted by Gasteiger charge is -2.12. The van der Waals surface area contributed by atoms with E-state index in [0.717, 1.165) is 34.9 Å². The molecule has 3 rings (SSSR count). The van der Waals surface area contributed by atoms with Crippen molar-refractivity contribution in [1.82, 2.24) is 0 Å². The van der Waals surface area contributed by atoms with E-state index in [4.69, 9.17) is 18.6 Å². The first kappa shape index (κ1) is 30.9. The van der Waals surface area contributed by atoms with E-state index < -0.39 is 17.6 Å². The first-order chi connectivity index (χ1) is 19.5. The first-order valence-electron chi connectivity index (χ1n) is 13.3. The van der Waals surface area contributed by atoms with Crippen LogP contribution in [0.25, 0.3) is 22.1 Å². The topological polar surface area (TPSA) is 92.0 Å². The molecule has 0 fully saturated rings. The van der Waals surface area contributed by atoms with Gasteiger partial charge in [0.2, 0.25) is 0 Å². The lowest BCUT2D eigenvalue weighted by molar-refractivity contribution is -0.139. The maximum absolute atomic E-state index is 13.1. The van der Waals surface area contributed by atoms with Gasteiger partial charge in [-0.25, -0.2) is 14.4 Å². The van der Waals surface area contributed by atoms with Crippen LogP contribution in [0, 0.1) is 0 Å². The van der Waals surface area contributed by atoms with E-state index in [0.29, 0.717) is 53.2 Å². The molecule has 7 nitrogen and oxygen atoms in total. The van der Waals surface area contributed by atoms with E-state index >= 15 is 0 Å². The maximum Gasteiger partial charge on any atom is 0.344 e. The van der Waals surface area contributed by atoms with E-state index in [-0.39, 0.29) is 12.2 Å². The highest BCUT2D eigenvalue weighted by Gasteiger charge is 2.14. The molecule has 1 heterocycles. The summed E-state index contributed by atoms with van der Waals surface area (Å²) in [5.74, 6) is -0.0379. The molecule has 7 heteroatoms. The molecule has 0 aliphatic rings. The molecule has 0 aliphatic carbocycles. The maximum atomic E-state index is 13.1. The molecule has 0 amide bonds. The second kappa shape index (κ2) is 14.1. The summed E-state index contributed by atoms with van der Waals surface area (Å²) < 4.78 is 22.0. The van der Waals surface area contributed by atoms with Gasteiger partial charge in [-0.15, -0.1) is 0 Å². The predicted molar refractivity (Wildman–Crippen MR) is 161 cm³/mol. The smallest absolute Gasteiger partial charge is 0.344 e. The number of aryl methyl sites for hydroxylation is 2. The van der Waals surface area contributed by atoms with Gasteiger partial charge < -0.3 is 18.6 Å². The fraction of sp³-hybridized carbons (Fsp3) is 0.265. The van der Waals surface area contributed by atoms with Crippen LogP contribution in [0.15, 0.2) is 100 Å². The van der Waals surface area contributed by atoms with Gasteiger partial charge in [0.1, 0.15) is 17.1 Å². The number of carbonyl (C=O) groups excluding carboxylic acids is 2. The second-order valence-corrected chi connectivity index (χ2v) is 9.99. The molecule has 0 spiro atoms. The summed E-state index contributed by atoms with van der Waals surface area (Å²) in [4.78, 5) is 36.6. The van der Waals surface area contributed by atoms with Gasteiger partial charge in [-0.05, 0) is 93.0 Å². The van der Waals surface area contributed by atoms with E-state index in [1.54, 1.807) is 38.1 Å². The first-order valence-corrected chi connectivity index (χ1v) is 13.3. The summed E-state index contributed by atoms with van der Waals surface area (Å²) in [5, 5.41) is 0.774. The highest BCUT2D eigenvalue weighted by Crippen LogP contribution is 2.28. The summed E-state index contributed by atoms with van der Waals surface area (Å²) >= 11 is 0. The largest absolute Gasteiger partial charge is 0.494 e. The standard InChI is InChI=1S/C34H36O7/c1-21(2)24(7)38-16-8-10-25-18-27(11-9-17-39-32(35)22(3)4)31-28(19-25)20-30(34(37)41-31)26-12-14-29(15-13-26)40-33(36)23(5)6/h12-15,18-20H,1,3,5,7-11,16-17H2,2,4,6H3. The number of carbonyl (C=O) groups is 2. The van der Waals surface area contributed by atoms with Crippen molar-refractivity contribution in [3.63, 3.8) is 0 Å². The van der Waals surface area contributed by atoms with Gasteiger partial charge in [-0.1, -0.05) is 44.5 Å². The quantitative estimate of drug-likeness (QED) is 0.0400. The summed E-state index contributed by atoms with van der Waals surface area (Å²) in [7, 11) is 0. The number of fused-ring (bicyclic) bond motifs is 1. The van der Waals surface area contributed by atoms with Crippen molar-refractivity contribution in [1.29, 1.82) is 0 Å². The lowest BCUT2D eigenvalue weighted by Crippen LogP contribution is -2.08. The summed E-state index contributed by atoms with van der Waals surface area (Å²) in [6.07, 6.45) is 2.58. The minimum atomic E-state index is -0.522. The Balaban J connectivity index is 1.89. The average Bonchev–Trinajstić information content (AvgIpc) is 2.93. The Labute approximate surface area is 240 Å². The Bertz CT molecular complexity index is 1550. The molecule has 0 saturated heterocycles.